The number of cyclic esters (lactones) is 2. The van der Waals surface area contributed by atoms with Gasteiger partial charge in [-0.15, -0.1) is 0 Å². The third kappa shape index (κ3) is 4.98. The maximum absolute atomic E-state index is 12.0. The summed E-state index contributed by atoms with van der Waals surface area (Å²) in [5.41, 5.74) is 0.450. The lowest BCUT2D eigenvalue weighted by Crippen LogP contribution is -2.41. The zero-order chi connectivity index (χ0) is 18.6. The summed E-state index contributed by atoms with van der Waals surface area (Å²) in [5, 5.41) is 0. The molecule has 0 aliphatic carbocycles. The molecule has 6 nitrogen and oxygen atoms in total. The molecule has 0 unspecified atom stereocenters. The van der Waals surface area contributed by atoms with Crippen LogP contribution in [-0.2, 0) is 19.1 Å². The van der Waals surface area contributed by atoms with Crippen molar-refractivity contribution in [3.05, 3.63) is 29.3 Å². The number of carbonyl (C=O) groups excluding carboxylic acids is 2. The minimum absolute atomic E-state index is 0.158. The van der Waals surface area contributed by atoms with Crippen LogP contribution in [0, 0.1) is 5.92 Å². The van der Waals surface area contributed by atoms with Crippen LogP contribution < -0.4 is 9.47 Å². The molecule has 0 bridgehead atoms. The molecule has 0 aromatic heterocycles. The van der Waals surface area contributed by atoms with E-state index in [2.05, 4.69) is 13.8 Å². The van der Waals surface area contributed by atoms with E-state index in [4.69, 9.17) is 18.9 Å². The van der Waals surface area contributed by atoms with Gasteiger partial charge in [-0.2, -0.15) is 0 Å². The molecule has 1 saturated heterocycles. The minimum Gasteiger partial charge on any atom is -0.493 e. The van der Waals surface area contributed by atoms with E-state index in [0.29, 0.717) is 29.6 Å². The molecule has 1 fully saturated rings. The standard InChI is InChI=1S/C19H24O6/c1-12(2)8-9-23-15-7-6-13(11-16(15)22-5)10-14-17(20)24-19(3,4)25-18(14)21/h6-7,10-12H,8-9H2,1-5H3. The second kappa shape index (κ2) is 7.59. The van der Waals surface area contributed by atoms with E-state index in [9.17, 15) is 9.59 Å². The first-order chi connectivity index (χ1) is 11.7. The monoisotopic (exact) mass is 348 g/mol. The zero-order valence-electron chi connectivity index (χ0n) is 15.3. The summed E-state index contributed by atoms with van der Waals surface area (Å²) in [5.74, 6) is -0.995. The third-order valence-corrected chi connectivity index (χ3v) is 3.57. The van der Waals surface area contributed by atoms with Crippen molar-refractivity contribution in [2.24, 2.45) is 5.92 Å². The van der Waals surface area contributed by atoms with Crippen molar-refractivity contribution >= 4 is 18.0 Å². The predicted molar refractivity (Wildman–Crippen MR) is 92.2 cm³/mol. The Morgan fingerprint density at radius 1 is 1.12 bits per heavy atom. The number of hydrogen-bond acceptors (Lipinski definition) is 6. The Kier molecular flexibility index (Phi) is 5.72. The number of hydrogen-bond donors (Lipinski definition) is 0. The SMILES string of the molecule is COc1cc(C=C2C(=O)OC(C)(C)OC2=O)ccc1OCCC(C)C. The third-order valence-electron chi connectivity index (χ3n) is 3.57. The van der Waals surface area contributed by atoms with Crippen molar-refractivity contribution in [1.29, 1.82) is 0 Å². The molecule has 136 valence electrons. The molecule has 1 aromatic rings. The highest BCUT2D eigenvalue weighted by atomic mass is 16.7. The average Bonchev–Trinajstić information content (AvgIpc) is 2.50. The molecule has 0 amide bonds. The highest BCUT2D eigenvalue weighted by Gasteiger charge is 2.38. The summed E-state index contributed by atoms with van der Waals surface area (Å²) < 4.78 is 21.2. The van der Waals surface area contributed by atoms with Crippen LogP contribution in [0.4, 0.5) is 0 Å². The van der Waals surface area contributed by atoms with Crippen LogP contribution in [0.2, 0.25) is 0 Å². The molecule has 1 heterocycles. The van der Waals surface area contributed by atoms with Crippen LogP contribution in [0.3, 0.4) is 0 Å². The van der Waals surface area contributed by atoms with Gasteiger partial charge in [-0.25, -0.2) is 9.59 Å². The van der Waals surface area contributed by atoms with Crippen molar-refractivity contribution in [3.8, 4) is 11.5 Å². The second-order valence-corrected chi connectivity index (χ2v) is 6.68. The highest BCUT2D eigenvalue weighted by molar-refractivity contribution is 6.18. The van der Waals surface area contributed by atoms with Gasteiger partial charge in [-0.1, -0.05) is 19.9 Å². The normalized spacial score (nSPS) is 16.3. The van der Waals surface area contributed by atoms with Gasteiger partial charge in [0.1, 0.15) is 5.57 Å². The van der Waals surface area contributed by atoms with Gasteiger partial charge in [0, 0.05) is 13.8 Å². The highest BCUT2D eigenvalue weighted by Crippen LogP contribution is 2.30. The molecule has 1 aliphatic heterocycles. The van der Waals surface area contributed by atoms with Gasteiger partial charge in [-0.3, -0.25) is 0 Å². The van der Waals surface area contributed by atoms with Crippen molar-refractivity contribution < 1.29 is 28.5 Å². The largest absolute Gasteiger partial charge is 0.493 e. The summed E-state index contributed by atoms with van der Waals surface area (Å²) in [6.07, 6.45) is 2.35. The minimum atomic E-state index is -1.25. The molecular weight excluding hydrogens is 324 g/mol. The Bertz CT molecular complexity index is 665. The van der Waals surface area contributed by atoms with Gasteiger partial charge < -0.3 is 18.9 Å². The summed E-state index contributed by atoms with van der Waals surface area (Å²) in [4.78, 5) is 24.0. The molecule has 1 aliphatic rings. The van der Waals surface area contributed by atoms with Crippen LogP contribution in [0.5, 0.6) is 11.5 Å². The summed E-state index contributed by atoms with van der Waals surface area (Å²) in [7, 11) is 1.53. The number of methoxy groups -OCH3 is 1. The van der Waals surface area contributed by atoms with E-state index in [1.165, 1.54) is 27.0 Å². The van der Waals surface area contributed by atoms with E-state index in [1.54, 1.807) is 18.2 Å². The van der Waals surface area contributed by atoms with Gasteiger partial charge in [0.25, 0.3) is 5.79 Å². The van der Waals surface area contributed by atoms with Crippen molar-refractivity contribution in [2.75, 3.05) is 13.7 Å². The smallest absolute Gasteiger partial charge is 0.348 e. The first-order valence-corrected chi connectivity index (χ1v) is 8.21. The Balaban J connectivity index is 2.20. The van der Waals surface area contributed by atoms with E-state index in [0.717, 1.165) is 6.42 Å². The van der Waals surface area contributed by atoms with E-state index >= 15 is 0 Å². The molecular formula is C19H24O6. The van der Waals surface area contributed by atoms with Gasteiger partial charge in [0.2, 0.25) is 0 Å². The molecule has 0 radical (unpaired) electrons. The lowest BCUT2D eigenvalue weighted by molar-refractivity contribution is -0.222. The first-order valence-electron chi connectivity index (χ1n) is 8.21. The van der Waals surface area contributed by atoms with Gasteiger partial charge in [0.15, 0.2) is 11.5 Å². The Hall–Kier alpha value is -2.50. The van der Waals surface area contributed by atoms with Crippen LogP contribution in [0.25, 0.3) is 6.08 Å². The molecule has 0 spiro atoms. The number of ether oxygens (including phenoxy) is 4. The fourth-order valence-corrected chi connectivity index (χ4v) is 2.24. The fraction of sp³-hybridized carbons (Fsp3) is 0.474. The molecule has 25 heavy (non-hydrogen) atoms. The first kappa shape index (κ1) is 18.8. The Labute approximate surface area is 147 Å². The number of esters is 2. The summed E-state index contributed by atoms with van der Waals surface area (Å²) in [6, 6.07) is 5.17. The average molecular weight is 348 g/mol. The summed E-state index contributed by atoms with van der Waals surface area (Å²) >= 11 is 0. The van der Waals surface area contributed by atoms with E-state index in [1.807, 2.05) is 0 Å². The maximum Gasteiger partial charge on any atom is 0.348 e. The quantitative estimate of drug-likeness (QED) is 0.446. The van der Waals surface area contributed by atoms with Crippen molar-refractivity contribution in [1.82, 2.24) is 0 Å². The van der Waals surface area contributed by atoms with Gasteiger partial charge in [-0.05, 0) is 36.1 Å². The van der Waals surface area contributed by atoms with Crippen molar-refractivity contribution in [3.63, 3.8) is 0 Å². The Morgan fingerprint density at radius 2 is 1.76 bits per heavy atom. The van der Waals surface area contributed by atoms with Gasteiger partial charge >= 0.3 is 11.9 Å². The Morgan fingerprint density at radius 3 is 2.32 bits per heavy atom. The number of rotatable bonds is 6. The topological polar surface area (TPSA) is 71.1 Å². The van der Waals surface area contributed by atoms with Crippen LogP contribution in [0.15, 0.2) is 23.8 Å². The number of benzene rings is 1. The molecule has 0 N–H and O–H groups in total. The molecule has 6 heteroatoms. The summed E-state index contributed by atoms with van der Waals surface area (Å²) in [6.45, 7) is 7.85. The number of carbonyl (C=O) groups is 2. The van der Waals surface area contributed by atoms with Crippen LogP contribution in [0.1, 0.15) is 39.7 Å². The van der Waals surface area contributed by atoms with Crippen LogP contribution in [-0.4, -0.2) is 31.4 Å². The van der Waals surface area contributed by atoms with Gasteiger partial charge in [0.05, 0.1) is 13.7 Å². The fourth-order valence-electron chi connectivity index (χ4n) is 2.24. The second-order valence-electron chi connectivity index (χ2n) is 6.68. The molecule has 0 atom stereocenters. The molecule has 1 aromatic carbocycles. The lowest BCUT2D eigenvalue weighted by Gasteiger charge is -2.29. The van der Waals surface area contributed by atoms with Crippen LogP contribution >= 0.6 is 0 Å². The predicted octanol–water partition coefficient (Wildman–Crippen LogP) is 3.34. The lowest BCUT2D eigenvalue weighted by atomic mass is 10.1. The molecule has 2 rings (SSSR count). The zero-order valence-corrected chi connectivity index (χ0v) is 15.3. The van der Waals surface area contributed by atoms with E-state index < -0.39 is 17.7 Å². The van der Waals surface area contributed by atoms with E-state index in [-0.39, 0.29) is 5.57 Å². The van der Waals surface area contributed by atoms with Crippen molar-refractivity contribution in [2.45, 2.75) is 39.9 Å². The maximum atomic E-state index is 12.0. The molecule has 0 saturated carbocycles.